The molecule has 0 aliphatic rings. The van der Waals surface area contributed by atoms with Gasteiger partial charge in [-0.25, -0.2) is 0 Å². The second-order valence-electron chi connectivity index (χ2n) is 5.50. The lowest BCUT2D eigenvalue weighted by molar-refractivity contribution is 0.485. The van der Waals surface area contributed by atoms with Gasteiger partial charge in [-0.3, -0.25) is 0 Å². The highest BCUT2D eigenvalue weighted by atomic mass is 79.9. The van der Waals surface area contributed by atoms with Gasteiger partial charge in [-0.1, -0.05) is 51.9 Å². The number of benzene rings is 1. The molecule has 0 aliphatic carbocycles. The monoisotopic (exact) mass is 415 g/mol. The molecule has 1 aromatic heterocycles. The van der Waals surface area contributed by atoms with E-state index in [1.54, 1.807) is 0 Å². The fraction of sp³-hybridized carbons (Fsp3) is 0.625. The lowest BCUT2D eigenvalue weighted by Gasteiger charge is -2.01. The van der Waals surface area contributed by atoms with Gasteiger partial charge < -0.3 is 0 Å². The van der Waals surface area contributed by atoms with Crippen molar-refractivity contribution in [3.8, 4) is 0 Å². The Morgan fingerprint density at radius 1 is 0.810 bits per heavy atom. The Kier molecular flexibility index (Phi) is 7.17. The van der Waals surface area contributed by atoms with E-state index in [4.69, 9.17) is 0 Å². The number of unbranched alkanes of at least 4 members (excludes halogenated alkanes) is 7. The molecule has 1 aromatic carbocycles. The summed E-state index contributed by atoms with van der Waals surface area (Å²) in [6.45, 7) is 3.17. The number of nitrogens with zero attached hydrogens (tertiary/aromatic N) is 3. The predicted octanol–water partition coefficient (Wildman–Crippen LogP) is 6.10. The Labute approximate surface area is 143 Å². The smallest absolute Gasteiger partial charge is 0.128 e. The molecular formula is C16H23Br2N3. The van der Waals surface area contributed by atoms with Crippen molar-refractivity contribution >= 4 is 42.9 Å². The zero-order valence-electron chi connectivity index (χ0n) is 12.6. The summed E-state index contributed by atoms with van der Waals surface area (Å²) in [7, 11) is 0. The van der Waals surface area contributed by atoms with Gasteiger partial charge in [-0.15, -0.1) is 0 Å². The molecule has 3 nitrogen and oxygen atoms in total. The molecule has 5 heteroatoms. The van der Waals surface area contributed by atoms with E-state index in [1.807, 2.05) is 16.9 Å². The van der Waals surface area contributed by atoms with Gasteiger partial charge in [0, 0.05) is 8.95 Å². The number of rotatable bonds is 9. The lowest BCUT2D eigenvalue weighted by Crippen LogP contribution is -2.02. The molecule has 21 heavy (non-hydrogen) atoms. The van der Waals surface area contributed by atoms with Crippen LogP contribution in [0, 0.1) is 0 Å². The van der Waals surface area contributed by atoms with Crippen LogP contribution in [0.1, 0.15) is 58.3 Å². The van der Waals surface area contributed by atoms with Crippen LogP contribution >= 0.6 is 31.9 Å². The van der Waals surface area contributed by atoms with E-state index in [1.165, 1.54) is 44.9 Å². The Balaban J connectivity index is 1.74. The van der Waals surface area contributed by atoms with E-state index in [9.17, 15) is 0 Å². The minimum atomic E-state index is 0.905. The van der Waals surface area contributed by atoms with Gasteiger partial charge in [0.25, 0.3) is 0 Å². The van der Waals surface area contributed by atoms with Gasteiger partial charge in [0.2, 0.25) is 0 Å². The number of hydrogen-bond acceptors (Lipinski definition) is 2. The van der Waals surface area contributed by atoms with Gasteiger partial charge >= 0.3 is 0 Å². The topological polar surface area (TPSA) is 30.7 Å². The molecule has 0 amide bonds. The van der Waals surface area contributed by atoms with E-state index in [-0.39, 0.29) is 0 Å². The van der Waals surface area contributed by atoms with E-state index < -0.39 is 0 Å². The molecule has 116 valence electrons. The summed E-state index contributed by atoms with van der Waals surface area (Å²) in [6.07, 6.45) is 10.6. The van der Waals surface area contributed by atoms with Crippen LogP contribution in [-0.4, -0.2) is 15.0 Å². The highest BCUT2D eigenvalue weighted by molar-refractivity contribution is 9.11. The van der Waals surface area contributed by atoms with Crippen molar-refractivity contribution in [2.24, 2.45) is 0 Å². The third-order valence-corrected chi connectivity index (χ3v) is 4.98. The minimum Gasteiger partial charge on any atom is -0.184 e. The second-order valence-corrected chi connectivity index (χ2v) is 7.21. The van der Waals surface area contributed by atoms with Crippen molar-refractivity contribution in [2.45, 2.75) is 64.8 Å². The third-order valence-electron chi connectivity index (χ3n) is 3.70. The first kappa shape index (κ1) is 16.9. The first-order valence-corrected chi connectivity index (χ1v) is 9.50. The van der Waals surface area contributed by atoms with Gasteiger partial charge in [-0.05, 0) is 50.4 Å². The number of aryl methyl sites for hydroxylation is 1. The molecule has 0 aliphatic heterocycles. The van der Waals surface area contributed by atoms with Gasteiger partial charge in [0.1, 0.15) is 11.0 Å². The maximum Gasteiger partial charge on any atom is 0.128 e. The average Bonchev–Trinajstić information content (AvgIpc) is 2.91. The van der Waals surface area contributed by atoms with E-state index in [0.29, 0.717) is 0 Å². The van der Waals surface area contributed by atoms with Crippen molar-refractivity contribution in [1.29, 1.82) is 0 Å². The van der Waals surface area contributed by atoms with E-state index in [0.717, 1.165) is 32.9 Å². The van der Waals surface area contributed by atoms with Crippen LogP contribution in [-0.2, 0) is 6.54 Å². The molecular weight excluding hydrogens is 394 g/mol. The quantitative estimate of drug-likeness (QED) is 0.462. The highest BCUT2D eigenvalue weighted by Crippen LogP contribution is 2.27. The van der Waals surface area contributed by atoms with Crippen molar-refractivity contribution in [1.82, 2.24) is 15.0 Å². The molecule has 0 spiro atoms. The molecule has 0 unspecified atom stereocenters. The van der Waals surface area contributed by atoms with Crippen LogP contribution in [0.25, 0.3) is 11.0 Å². The number of halogens is 2. The molecule has 0 atom stereocenters. The summed E-state index contributed by atoms with van der Waals surface area (Å²) in [5.41, 5.74) is 1.87. The second kappa shape index (κ2) is 8.89. The van der Waals surface area contributed by atoms with Crippen LogP contribution in [0.4, 0.5) is 0 Å². The van der Waals surface area contributed by atoms with Crippen molar-refractivity contribution < 1.29 is 0 Å². The number of fused-ring (bicyclic) bond motifs is 1. The Morgan fingerprint density at radius 3 is 1.81 bits per heavy atom. The van der Waals surface area contributed by atoms with Gasteiger partial charge in [0.05, 0.1) is 6.54 Å². The molecule has 0 saturated carbocycles. The standard InChI is InChI=1S/C16H23Br2N3/c1-2-3-4-5-6-7-8-9-12-21-19-15-13(17)10-11-14(18)16(15)20-21/h10-11H,2-9,12H2,1H3. The number of hydrogen-bond donors (Lipinski definition) is 0. The Morgan fingerprint density at radius 2 is 1.29 bits per heavy atom. The first-order valence-electron chi connectivity index (χ1n) is 7.91. The summed E-state index contributed by atoms with van der Waals surface area (Å²) in [5, 5.41) is 9.12. The van der Waals surface area contributed by atoms with Gasteiger partial charge in [-0.2, -0.15) is 15.0 Å². The summed E-state index contributed by atoms with van der Waals surface area (Å²) < 4.78 is 2.01. The maximum atomic E-state index is 4.56. The van der Waals surface area contributed by atoms with Crippen LogP contribution in [0.3, 0.4) is 0 Å². The summed E-state index contributed by atoms with van der Waals surface area (Å²) in [5.74, 6) is 0. The van der Waals surface area contributed by atoms with Crippen molar-refractivity contribution in [3.05, 3.63) is 21.1 Å². The average molecular weight is 417 g/mol. The third kappa shape index (κ3) is 5.06. The fourth-order valence-electron chi connectivity index (χ4n) is 2.46. The highest BCUT2D eigenvalue weighted by Gasteiger charge is 2.09. The van der Waals surface area contributed by atoms with Crippen molar-refractivity contribution in [3.63, 3.8) is 0 Å². The zero-order chi connectivity index (χ0) is 15.1. The Bertz CT molecular complexity index is 527. The summed E-state index contributed by atoms with van der Waals surface area (Å²) in [6, 6.07) is 4.00. The largest absolute Gasteiger partial charge is 0.184 e. The zero-order valence-corrected chi connectivity index (χ0v) is 15.8. The molecule has 0 fully saturated rings. The summed E-state index contributed by atoms with van der Waals surface area (Å²) in [4.78, 5) is 1.83. The molecule has 0 radical (unpaired) electrons. The molecule has 2 rings (SSSR count). The van der Waals surface area contributed by atoms with Gasteiger partial charge in [0.15, 0.2) is 0 Å². The van der Waals surface area contributed by atoms with Crippen LogP contribution in [0.15, 0.2) is 21.1 Å². The summed E-state index contributed by atoms with van der Waals surface area (Å²) >= 11 is 7.06. The van der Waals surface area contributed by atoms with Crippen LogP contribution < -0.4 is 0 Å². The molecule has 2 aromatic rings. The SMILES string of the molecule is CCCCCCCCCCn1nc2c(Br)ccc(Br)c2n1. The van der Waals surface area contributed by atoms with Crippen LogP contribution in [0.2, 0.25) is 0 Å². The molecule has 0 N–H and O–H groups in total. The molecule has 0 saturated heterocycles. The predicted molar refractivity (Wildman–Crippen MR) is 95.5 cm³/mol. The fourth-order valence-corrected chi connectivity index (χ4v) is 3.26. The van der Waals surface area contributed by atoms with E-state index >= 15 is 0 Å². The molecule has 0 bridgehead atoms. The van der Waals surface area contributed by atoms with E-state index in [2.05, 4.69) is 49.0 Å². The number of aromatic nitrogens is 3. The van der Waals surface area contributed by atoms with Crippen molar-refractivity contribution in [2.75, 3.05) is 0 Å². The minimum absolute atomic E-state index is 0.905. The Hall–Kier alpha value is -0.420. The maximum absolute atomic E-state index is 4.56. The first-order chi connectivity index (χ1) is 10.2. The normalized spacial score (nSPS) is 11.4. The molecule has 1 heterocycles. The van der Waals surface area contributed by atoms with Crippen LogP contribution in [0.5, 0.6) is 0 Å². The lowest BCUT2D eigenvalue weighted by atomic mass is 10.1.